The summed E-state index contributed by atoms with van der Waals surface area (Å²) < 4.78 is 7.65. The summed E-state index contributed by atoms with van der Waals surface area (Å²) in [5.41, 5.74) is 4.76. The molecule has 0 aliphatic carbocycles. The Morgan fingerprint density at radius 1 is 1.08 bits per heavy atom. The number of rotatable bonds is 4. The fourth-order valence-electron chi connectivity index (χ4n) is 5.79. The molecule has 1 N–H and O–H groups in total. The van der Waals surface area contributed by atoms with Gasteiger partial charge < -0.3 is 19.1 Å². The normalized spacial score (nSPS) is 17.2. The Morgan fingerprint density at radius 3 is 2.59 bits per heavy atom. The number of likely N-dealkylation sites (tertiary alicyclic amines) is 1. The topological polar surface area (TPSA) is 96.3 Å². The molecule has 9 heteroatoms. The van der Waals surface area contributed by atoms with Crippen LogP contribution in [0.15, 0.2) is 48.8 Å². The SMILES string of the molecule is COc1cc(N2CCC3(CCN(C(=O)c4ccc5c(c4)nc(C)n5C)CC3)C2=O)ccc1-c1cn[nH]c1. The Hall–Kier alpha value is -4.14. The Labute approximate surface area is 215 Å². The number of hydrogen-bond acceptors (Lipinski definition) is 5. The van der Waals surface area contributed by atoms with Crippen molar-refractivity contribution in [3.63, 3.8) is 0 Å². The van der Waals surface area contributed by atoms with Crippen molar-refractivity contribution in [2.24, 2.45) is 12.5 Å². The van der Waals surface area contributed by atoms with Gasteiger partial charge in [0.1, 0.15) is 11.6 Å². The zero-order valence-corrected chi connectivity index (χ0v) is 21.3. The van der Waals surface area contributed by atoms with Crippen LogP contribution in [0.25, 0.3) is 22.2 Å². The molecule has 0 saturated carbocycles. The monoisotopic (exact) mass is 498 g/mol. The summed E-state index contributed by atoms with van der Waals surface area (Å²) in [6.07, 6.45) is 5.70. The number of methoxy groups -OCH3 is 1. The third kappa shape index (κ3) is 3.77. The molecule has 0 radical (unpaired) electrons. The summed E-state index contributed by atoms with van der Waals surface area (Å²) in [5.74, 6) is 1.76. The second kappa shape index (κ2) is 8.76. The van der Waals surface area contributed by atoms with Crippen molar-refractivity contribution < 1.29 is 14.3 Å². The highest BCUT2D eigenvalue weighted by molar-refractivity contribution is 6.01. The number of ether oxygens (including phenoxy) is 1. The number of H-pyrrole nitrogens is 1. The fraction of sp³-hybridized carbons (Fsp3) is 0.357. The second-order valence-corrected chi connectivity index (χ2v) is 10.1. The lowest BCUT2D eigenvalue weighted by Gasteiger charge is -2.38. The van der Waals surface area contributed by atoms with E-state index >= 15 is 0 Å². The van der Waals surface area contributed by atoms with Crippen molar-refractivity contribution in [3.05, 3.63) is 60.2 Å². The predicted molar refractivity (Wildman–Crippen MR) is 141 cm³/mol. The Morgan fingerprint density at radius 2 is 1.86 bits per heavy atom. The highest BCUT2D eigenvalue weighted by Crippen LogP contribution is 2.44. The van der Waals surface area contributed by atoms with Gasteiger partial charge >= 0.3 is 0 Å². The van der Waals surface area contributed by atoms with Crippen molar-refractivity contribution in [2.45, 2.75) is 26.2 Å². The molecule has 190 valence electrons. The number of carbonyl (C=O) groups excluding carboxylic acids is 2. The molecule has 37 heavy (non-hydrogen) atoms. The number of nitrogens with one attached hydrogen (secondary N) is 1. The van der Waals surface area contributed by atoms with Gasteiger partial charge in [-0.25, -0.2) is 4.98 Å². The number of fused-ring (bicyclic) bond motifs is 1. The molecule has 0 atom stereocenters. The van der Waals surface area contributed by atoms with Crippen LogP contribution in [0.3, 0.4) is 0 Å². The lowest BCUT2D eigenvalue weighted by Crippen LogP contribution is -2.46. The molecule has 0 bridgehead atoms. The first-order valence-corrected chi connectivity index (χ1v) is 12.6. The first-order valence-electron chi connectivity index (χ1n) is 12.6. The molecule has 6 rings (SSSR count). The molecule has 2 aromatic carbocycles. The van der Waals surface area contributed by atoms with Gasteiger partial charge in [-0.3, -0.25) is 14.7 Å². The Balaban J connectivity index is 1.16. The maximum Gasteiger partial charge on any atom is 0.253 e. The lowest BCUT2D eigenvalue weighted by atomic mass is 9.77. The molecule has 1 spiro atoms. The molecule has 2 aliphatic rings. The van der Waals surface area contributed by atoms with Crippen LogP contribution < -0.4 is 9.64 Å². The zero-order chi connectivity index (χ0) is 25.7. The molecule has 2 fully saturated rings. The first-order chi connectivity index (χ1) is 17.9. The average Bonchev–Trinajstić information content (AvgIpc) is 3.63. The number of aromatic nitrogens is 4. The van der Waals surface area contributed by atoms with Gasteiger partial charge in [0, 0.05) is 61.3 Å². The maximum atomic E-state index is 13.7. The molecule has 2 amide bonds. The summed E-state index contributed by atoms with van der Waals surface area (Å²) in [4.78, 5) is 35.3. The van der Waals surface area contributed by atoms with Crippen LogP contribution in [0.2, 0.25) is 0 Å². The molecule has 2 saturated heterocycles. The van der Waals surface area contributed by atoms with Crippen LogP contribution in [0, 0.1) is 12.3 Å². The van der Waals surface area contributed by atoms with Crippen LogP contribution in [0.5, 0.6) is 5.75 Å². The van der Waals surface area contributed by atoms with Gasteiger partial charge in [0.15, 0.2) is 0 Å². The first kappa shape index (κ1) is 23.3. The van der Waals surface area contributed by atoms with Crippen LogP contribution >= 0.6 is 0 Å². The number of nitrogens with zero attached hydrogens (tertiary/aromatic N) is 5. The third-order valence-corrected chi connectivity index (χ3v) is 8.18. The number of hydrogen-bond donors (Lipinski definition) is 1. The number of aromatic amines is 1. The van der Waals surface area contributed by atoms with E-state index in [2.05, 4.69) is 15.2 Å². The van der Waals surface area contributed by atoms with Crippen molar-refractivity contribution >= 4 is 28.5 Å². The van der Waals surface area contributed by atoms with E-state index in [1.54, 1.807) is 13.3 Å². The highest BCUT2D eigenvalue weighted by Gasteiger charge is 2.49. The number of aryl methyl sites for hydroxylation is 2. The quantitative estimate of drug-likeness (QED) is 0.460. The molecule has 4 heterocycles. The molecule has 2 aromatic heterocycles. The largest absolute Gasteiger partial charge is 0.496 e. The van der Waals surface area contributed by atoms with E-state index in [1.807, 2.05) is 70.9 Å². The van der Waals surface area contributed by atoms with Crippen LogP contribution in [-0.2, 0) is 11.8 Å². The van der Waals surface area contributed by atoms with E-state index < -0.39 is 5.41 Å². The molecular formula is C28H30N6O3. The lowest BCUT2D eigenvalue weighted by molar-refractivity contribution is -0.127. The van der Waals surface area contributed by atoms with E-state index in [9.17, 15) is 9.59 Å². The van der Waals surface area contributed by atoms with Crippen molar-refractivity contribution in [1.29, 1.82) is 0 Å². The van der Waals surface area contributed by atoms with Crippen LogP contribution in [-0.4, -0.2) is 63.2 Å². The molecule has 2 aliphatic heterocycles. The number of carbonyl (C=O) groups is 2. The van der Waals surface area contributed by atoms with Crippen LogP contribution in [0.4, 0.5) is 5.69 Å². The van der Waals surface area contributed by atoms with Gasteiger partial charge in [-0.15, -0.1) is 0 Å². The summed E-state index contributed by atoms with van der Waals surface area (Å²) in [6, 6.07) is 11.6. The summed E-state index contributed by atoms with van der Waals surface area (Å²) in [7, 11) is 3.61. The number of benzene rings is 2. The van der Waals surface area contributed by atoms with Crippen molar-refractivity contribution in [1.82, 2.24) is 24.6 Å². The van der Waals surface area contributed by atoms with E-state index in [-0.39, 0.29) is 11.8 Å². The number of amides is 2. The number of imidazole rings is 1. The molecular weight excluding hydrogens is 468 g/mol. The smallest absolute Gasteiger partial charge is 0.253 e. The van der Waals surface area contributed by atoms with Gasteiger partial charge in [0.05, 0.1) is 29.8 Å². The predicted octanol–water partition coefficient (Wildman–Crippen LogP) is 3.94. The number of anilines is 1. The second-order valence-electron chi connectivity index (χ2n) is 10.1. The maximum absolute atomic E-state index is 13.7. The fourth-order valence-corrected chi connectivity index (χ4v) is 5.79. The van der Waals surface area contributed by atoms with Gasteiger partial charge in [-0.1, -0.05) is 0 Å². The van der Waals surface area contributed by atoms with E-state index in [0.29, 0.717) is 43.8 Å². The van der Waals surface area contributed by atoms with Gasteiger partial charge in [-0.05, 0) is 56.5 Å². The van der Waals surface area contributed by atoms with Gasteiger partial charge in [0.2, 0.25) is 5.91 Å². The third-order valence-electron chi connectivity index (χ3n) is 8.18. The van der Waals surface area contributed by atoms with Crippen molar-refractivity contribution in [3.8, 4) is 16.9 Å². The number of piperidine rings is 1. The standard InChI is InChI=1S/C28H30N6O3/c1-18-31-23-14-19(4-7-24(23)32(18)2)26(35)33-11-8-28(9-12-33)10-13-34(27(28)36)21-5-6-22(25(15-21)37-3)20-16-29-30-17-20/h4-7,14-17H,8-13H2,1-3H3,(H,29,30). The minimum atomic E-state index is -0.421. The van der Waals surface area contributed by atoms with E-state index in [1.165, 1.54) is 0 Å². The minimum Gasteiger partial charge on any atom is -0.496 e. The van der Waals surface area contributed by atoms with Gasteiger partial charge in [0.25, 0.3) is 5.91 Å². The molecule has 9 nitrogen and oxygen atoms in total. The summed E-state index contributed by atoms with van der Waals surface area (Å²) in [5, 5.41) is 6.85. The summed E-state index contributed by atoms with van der Waals surface area (Å²) in [6.45, 7) is 3.76. The average molecular weight is 499 g/mol. The Bertz CT molecular complexity index is 1500. The summed E-state index contributed by atoms with van der Waals surface area (Å²) >= 11 is 0. The van der Waals surface area contributed by atoms with Crippen LogP contribution in [0.1, 0.15) is 35.4 Å². The van der Waals surface area contributed by atoms with Gasteiger partial charge in [-0.2, -0.15) is 5.10 Å². The van der Waals surface area contributed by atoms with E-state index in [0.717, 1.165) is 40.1 Å². The Kier molecular flexibility index (Phi) is 5.51. The molecule has 0 unspecified atom stereocenters. The van der Waals surface area contributed by atoms with Crippen molar-refractivity contribution in [2.75, 3.05) is 31.6 Å². The highest BCUT2D eigenvalue weighted by atomic mass is 16.5. The minimum absolute atomic E-state index is 0.00179. The molecule has 4 aromatic rings. The zero-order valence-electron chi connectivity index (χ0n) is 21.3. The van der Waals surface area contributed by atoms with E-state index in [4.69, 9.17) is 4.74 Å².